The number of carboxylic acid groups (broad SMARTS) is 1. The minimum absolute atomic E-state index is 0.0368. The average molecular weight is 548 g/mol. The Bertz CT molecular complexity index is 1280. The van der Waals surface area contributed by atoms with Gasteiger partial charge in [-0.15, -0.1) is 0 Å². The van der Waals surface area contributed by atoms with Gasteiger partial charge >= 0.3 is 12.1 Å². The summed E-state index contributed by atoms with van der Waals surface area (Å²) in [6, 6.07) is 24.4. The van der Waals surface area contributed by atoms with Crippen LogP contribution in [0.3, 0.4) is 0 Å². The maximum atomic E-state index is 12.9. The van der Waals surface area contributed by atoms with E-state index in [0.717, 1.165) is 10.0 Å². The van der Waals surface area contributed by atoms with E-state index in [-0.39, 0.29) is 24.0 Å². The fraction of sp³-hybridized carbons (Fsp3) is 0.310. The molecule has 1 saturated carbocycles. The summed E-state index contributed by atoms with van der Waals surface area (Å²) < 4.78 is 12.7. The van der Waals surface area contributed by atoms with Gasteiger partial charge < -0.3 is 19.5 Å². The van der Waals surface area contributed by atoms with Crippen molar-refractivity contribution >= 4 is 28.0 Å². The third-order valence-electron chi connectivity index (χ3n) is 7.81. The summed E-state index contributed by atoms with van der Waals surface area (Å²) >= 11 is 3.45. The van der Waals surface area contributed by atoms with E-state index in [1.54, 1.807) is 4.90 Å². The number of fused-ring (bicyclic) bond motifs is 3. The average Bonchev–Trinajstić information content (AvgIpc) is 3.15. The highest BCUT2D eigenvalue weighted by molar-refractivity contribution is 9.10. The molecule has 0 radical (unpaired) electrons. The van der Waals surface area contributed by atoms with Crippen LogP contribution in [0.25, 0.3) is 11.1 Å². The van der Waals surface area contributed by atoms with Crippen LogP contribution in [0.4, 0.5) is 4.79 Å². The first-order chi connectivity index (χ1) is 17.4. The van der Waals surface area contributed by atoms with Crippen molar-refractivity contribution in [2.24, 2.45) is 5.41 Å². The molecule has 2 aliphatic carbocycles. The van der Waals surface area contributed by atoms with E-state index in [9.17, 15) is 14.7 Å². The highest BCUT2D eigenvalue weighted by atomic mass is 79.9. The van der Waals surface area contributed by atoms with Gasteiger partial charge in [-0.05, 0) is 52.8 Å². The molecule has 6 rings (SSSR count). The van der Waals surface area contributed by atoms with Crippen molar-refractivity contribution < 1.29 is 24.2 Å². The molecule has 1 spiro atoms. The summed E-state index contributed by atoms with van der Waals surface area (Å²) in [5.74, 6) is -0.948. The molecule has 7 heteroatoms. The third-order valence-corrected chi connectivity index (χ3v) is 8.34. The van der Waals surface area contributed by atoms with E-state index in [0.29, 0.717) is 32.5 Å². The molecule has 3 aromatic carbocycles. The van der Waals surface area contributed by atoms with Gasteiger partial charge in [-0.1, -0.05) is 76.6 Å². The smallest absolute Gasteiger partial charge is 0.409 e. The number of rotatable bonds is 6. The molecule has 0 atom stereocenters. The molecule has 0 bridgehead atoms. The van der Waals surface area contributed by atoms with Crippen LogP contribution in [-0.4, -0.2) is 48.4 Å². The molecule has 1 amide bonds. The van der Waals surface area contributed by atoms with Gasteiger partial charge in [-0.25, -0.2) is 9.59 Å². The maximum Gasteiger partial charge on any atom is 0.409 e. The van der Waals surface area contributed by atoms with Gasteiger partial charge in [0.1, 0.15) is 13.2 Å². The number of amides is 1. The molecule has 36 heavy (non-hydrogen) atoms. The molecule has 3 aromatic rings. The van der Waals surface area contributed by atoms with E-state index in [1.807, 2.05) is 48.5 Å². The molecule has 0 aromatic heterocycles. The quantitative estimate of drug-likeness (QED) is 0.422. The van der Waals surface area contributed by atoms with Gasteiger partial charge in [0.05, 0.1) is 5.60 Å². The molecule has 2 fully saturated rings. The first-order valence-electron chi connectivity index (χ1n) is 12.1. The predicted octanol–water partition coefficient (Wildman–Crippen LogP) is 5.79. The van der Waals surface area contributed by atoms with Crippen LogP contribution in [0.15, 0.2) is 77.3 Å². The second-order valence-electron chi connectivity index (χ2n) is 10.2. The topological polar surface area (TPSA) is 76.1 Å². The lowest BCUT2D eigenvalue weighted by molar-refractivity contribution is -0.219. The van der Waals surface area contributed by atoms with Gasteiger partial charge in [0.2, 0.25) is 0 Å². The van der Waals surface area contributed by atoms with Crippen LogP contribution >= 0.6 is 15.9 Å². The maximum absolute atomic E-state index is 12.9. The summed E-state index contributed by atoms with van der Waals surface area (Å²) in [5, 5.41) is 9.17. The number of halogens is 1. The highest BCUT2D eigenvalue weighted by Crippen LogP contribution is 2.60. The van der Waals surface area contributed by atoms with Crippen molar-refractivity contribution in [1.82, 2.24) is 4.90 Å². The van der Waals surface area contributed by atoms with E-state index in [4.69, 9.17) is 9.47 Å². The van der Waals surface area contributed by atoms with Crippen LogP contribution < -0.4 is 0 Å². The molecular formula is C29H26BrNO5. The second kappa shape index (κ2) is 8.75. The van der Waals surface area contributed by atoms with Crippen LogP contribution in [0.1, 0.15) is 35.4 Å². The number of carboxylic acids is 1. The molecule has 1 heterocycles. The van der Waals surface area contributed by atoms with Crippen LogP contribution in [-0.2, 0) is 19.9 Å². The normalized spacial score (nSPS) is 18.6. The number of carbonyl (C=O) groups excluding carboxylic acids is 1. The van der Waals surface area contributed by atoms with Gasteiger partial charge in [0.15, 0.2) is 0 Å². The number of ether oxygens (including phenoxy) is 2. The zero-order valence-electron chi connectivity index (χ0n) is 19.7. The summed E-state index contributed by atoms with van der Waals surface area (Å²) in [6.07, 6.45) is 1.07. The number of nitrogens with zero attached hydrogens (tertiary/aromatic N) is 1. The Morgan fingerprint density at radius 2 is 1.50 bits per heavy atom. The molecule has 3 aliphatic rings. The van der Waals surface area contributed by atoms with Crippen molar-refractivity contribution in [3.05, 3.63) is 94.0 Å². The van der Waals surface area contributed by atoms with E-state index < -0.39 is 11.6 Å². The van der Waals surface area contributed by atoms with Gasteiger partial charge in [-0.2, -0.15) is 0 Å². The molecule has 1 aliphatic heterocycles. The predicted molar refractivity (Wildman–Crippen MR) is 138 cm³/mol. The zero-order valence-corrected chi connectivity index (χ0v) is 21.2. The SMILES string of the molecule is O=C(O)COC1(c2ccc(Br)cc2)CC2(CN(C(=O)OCC3c4ccccc4-c4ccccc43)C2)C1. The second-order valence-corrected chi connectivity index (χ2v) is 11.1. The Morgan fingerprint density at radius 1 is 0.917 bits per heavy atom. The van der Waals surface area contributed by atoms with Crippen molar-refractivity contribution in [2.45, 2.75) is 24.4 Å². The molecule has 1 saturated heterocycles. The van der Waals surface area contributed by atoms with Crippen molar-refractivity contribution in [2.75, 3.05) is 26.3 Å². The first-order valence-corrected chi connectivity index (χ1v) is 12.9. The summed E-state index contributed by atoms with van der Waals surface area (Å²) in [5.41, 5.74) is 5.08. The molecule has 0 unspecified atom stereocenters. The Balaban J connectivity index is 1.09. The minimum atomic E-state index is -0.985. The molecule has 6 nitrogen and oxygen atoms in total. The van der Waals surface area contributed by atoms with Crippen molar-refractivity contribution in [3.63, 3.8) is 0 Å². The Kier molecular flexibility index (Phi) is 5.65. The van der Waals surface area contributed by atoms with Crippen molar-refractivity contribution in [3.8, 4) is 11.1 Å². The van der Waals surface area contributed by atoms with E-state index >= 15 is 0 Å². The fourth-order valence-corrected chi connectivity index (χ4v) is 6.57. The summed E-state index contributed by atoms with van der Waals surface area (Å²) in [7, 11) is 0. The number of hydrogen-bond acceptors (Lipinski definition) is 4. The third kappa shape index (κ3) is 3.91. The zero-order chi connectivity index (χ0) is 24.9. The van der Waals surface area contributed by atoms with Gasteiger partial charge in [-0.3, -0.25) is 0 Å². The Labute approximate surface area is 218 Å². The molecule has 184 valence electrons. The van der Waals surface area contributed by atoms with Gasteiger partial charge in [0, 0.05) is 28.9 Å². The Morgan fingerprint density at radius 3 is 2.08 bits per heavy atom. The van der Waals surface area contributed by atoms with Crippen molar-refractivity contribution in [1.29, 1.82) is 0 Å². The largest absolute Gasteiger partial charge is 0.480 e. The lowest BCUT2D eigenvalue weighted by Gasteiger charge is -2.63. The minimum Gasteiger partial charge on any atom is -0.480 e. The number of likely N-dealkylation sites (tertiary alicyclic amines) is 1. The first kappa shape index (κ1) is 23.3. The van der Waals surface area contributed by atoms with Crippen LogP contribution in [0, 0.1) is 5.41 Å². The van der Waals surface area contributed by atoms with Crippen LogP contribution in [0.5, 0.6) is 0 Å². The molecule has 1 N–H and O–H groups in total. The summed E-state index contributed by atoms with van der Waals surface area (Å²) in [4.78, 5) is 25.8. The number of hydrogen-bond donors (Lipinski definition) is 1. The highest BCUT2D eigenvalue weighted by Gasteiger charge is 2.62. The fourth-order valence-electron chi connectivity index (χ4n) is 6.30. The number of benzene rings is 3. The van der Waals surface area contributed by atoms with Gasteiger partial charge in [0.25, 0.3) is 0 Å². The van der Waals surface area contributed by atoms with E-state index in [1.165, 1.54) is 22.3 Å². The molecular weight excluding hydrogens is 522 g/mol. The Hall–Kier alpha value is -3.16. The number of aliphatic carboxylic acids is 1. The lowest BCUT2D eigenvalue weighted by atomic mass is 9.53. The monoisotopic (exact) mass is 547 g/mol. The lowest BCUT2D eigenvalue weighted by Crippen LogP contribution is -2.68. The van der Waals surface area contributed by atoms with Crippen LogP contribution in [0.2, 0.25) is 0 Å². The van der Waals surface area contributed by atoms with E-state index in [2.05, 4.69) is 40.2 Å². The number of carbonyl (C=O) groups is 2. The summed E-state index contributed by atoms with van der Waals surface area (Å²) in [6.45, 7) is 1.15. The standard InChI is InChI=1S/C29H26BrNO5/c30-20-11-9-19(10-12-20)29(36-14-26(32)33)15-28(16-29)17-31(18-28)27(34)35-13-25-23-7-3-1-5-21(23)22-6-2-4-8-24(22)25/h1-12,25H,13-18H2,(H,32,33).